The summed E-state index contributed by atoms with van der Waals surface area (Å²) in [5, 5.41) is 11.5. The molecule has 0 amide bonds. The van der Waals surface area contributed by atoms with Gasteiger partial charge in [0.25, 0.3) is 0 Å². The molecule has 2 aliphatic heterocycles. The lowest BCUT2D eigenvalue weighted by Gasteiger charge is -2.32. The quantitative estimate of drug-likeness (QED) is 0.462. The molecule has 2 aliphatic rings. The van der Waals surface area contributed by atoms with E-state index in [9.17, 15) is 5.11 Å². The van der Waals surface area contributed by atoms with E-state index in [0.29, 0.717) is 18.3 Å². The van der Waals surface area contributed by atoms with Gasteiger partial charge in [-0.1, -0.05) is 23.9 Å². The van der Waals surface area contributed by atoms with Gasteiger partial charge in [-0.2, -0.15) is 0 Å². The maximum atomic E-state index is 10.6. The summed E-state index contributed by atoms with van der Waals surface area (Å²) in [6.07, 6.45) is 6.87. The molecule has 2 fully saturated rings. The minimum atomic E-state index is 0.269. The highest BCUT2D eigenvalue weighted by molar-refractivity contribution is 7.99. The third kappa shape index (κ3) is 6.11. The molecular weight excluding hydrogens is 408 g/mol. The number of hydrogen-bond acceptors (Lipinski definition) is 7. The second kappa shape index (κ2) is 11.2. The SMILES string of the molecule is CCOc1cccc(CN2CCC[C@H](c3ccnc(SCCN4CCCC4)n3)C2)c1O. The van der Waals surface area contributed by atoms with Crippen molar-refractivity contribution in [2.24, 2.45) is 0 Å². The van der Waals surface area contributed by atoms with Gasteiger partial charge < -0.3 is 14.7 Å². The smallest absolute Gasteiger partial charge is 0.187 e. The van der Waals surface area contributed by atoms with Crippen LogP contribution in [0.3, 0.4) is 0 Å². The van der Waals surface area contributed by atoms with Crippen molar-refractivity contribution in [3.05, 3.63) is 41.7 Å². The van der Waals surface area contributed by atoms with Crippen LogP contribution in [0.25, 0.3) is 0 Å². The number of phenolic OH excluding ortho intramolecular Hbond substituents is 1. The first-order valence-corrected chi connectivity index (χ1v) is 12.6. The van der Waals surface area contributed by atoms with E-state index in [4.69, 9.17) is 9.72 Å². The standard InChI is InChI=1S/C24H34N4O2S/c1-2-30-22-9-5-7-20(23(22)29)18-28-14-6-8-19(17-28)21-10-11-25-24(26-21)31-16-15-27-12-3-4-13-27/h5,7,9-11,19,29H,2-4,6,8,12-18H2,1H3/t19-/m0/s1. The van der Waals surface area contributed by atoms with Gasteiger partial charge in [0.1, 0.15) is 0 Å². The largest absolute Gasteiger partial charge is 0.504 e. The van der Waals surface area contributed by atoms with Crippen molar-refractivity contribution in [2.75, 3.05) is 45.1 Å². The molecule has 0 spiro atoms. The van der Waals surface area contributed by atoms with Crippen molar-refractivity contribution < 1.29 is 9.84 Å². The van der Waals surface area contributed by atoms with Crippen LogP contribution in [0, 0.1) is 0 Å². The third-order valence-electron chi connectivity index (χ3n) is 6.19. The van der Waals surface area contributed by atoms with E-state index in [1.165, 1.54) is 25.9 Å². The van der Waals surface area contributed by atoms with Gasteiger partial charge in [0.05, 0.1) is 6.61 Å². The van der Waals surface area contributed by atoms with Gasteiger partial charge in [-0.05, 0) is 64.4 Å². The molecule has 0 unspecified atom stereocenters. The molecule has 3 heterocycles. The van der Waals surface area contributed by atoms with Gasteiger partial charge in [0.15, 0.2) is 16.7 Å². The molecule has 6 nitrogen and oxygen atoms in total. The lowest BCUT2D eigenvalue weighted by molar-refractivity contribution is 0.195. The van der Waals surface area contributed by atoms with E-state index >= 15 is 0 Å². The fraction of sp³-hybridized carbons (Fsp3) is 0.583. The molecule has 31 heavy (non-hydrogen) atoms. The summed E-state index contributed by atoms with van der Waals surface area (Å²) in [5.74, 6) is 2.30. The number of likely N-dealkylation sites (tertiary alicyclic amines) is 2. The lowest BCUT2D eigenvalue weighted by atomic mass is 9.94. The molecule has 0 saturated carbocycles. The number of aromatic nitrogens is 2. The fourth-order valence-electron chi connectivity index (χ4n) is 4.57. The molecule has 0 bridgehead atoms. The Morgan fingerprint density at radius 2 is 1.97 bits per heavy atom. The second-order valence-corrected chi connectivity index (χ2v) is 9.49. The zero-order valence-electron chi connectivity index (χ0n) is 18.5. The Balaban J connectivity index is 1.34. The van der Waals surface area contributed by atoms with Crippen molar-refractivity contribution in [3.8, 4) is 11.5 Å². The van der Waals surface area contributed by atoms with Crippen molar-refractivity contribution in [3.63, 3.8) is 0 Å². The predicted octanol–water partition coefficient (Wildman–Crippen LogP) is 4.15. The number of thioether (sulfide) groups is 1. The molecule has 7 heteroatoms. The monoisotopic (exact) mass is 442 g/mol. The van der Waals surface area contributed by atoms with Crippen LogP contribution in [-0.4, -0.2) is 70.0 Å². The van der Waals surface area contributed by atoms with Crippen LogP contribution in [0.15, 0.2) is 35.6 Å². The Bertz CT molecular complexity index is 844. The summed E-state index contributed by atoms with van der Waals surface area (Å²) >= 11 is 1.77. The number of benzene rings is 1. The molecule has 2 aromatic rings. The van der Waals surface area contributed by atoms with E-state index in [-0.39, 0.29) is 5.75 Å². The van der Waals surface area contributed by atoms with E-state index < -0.39 is 0 Å². The van der Waals surface area contributed by atoms with Crippen molar-refractivity contribution in [2.45, 2.75) is 50.2 Å². The summed E-state index contributed by atoms with van der Waals surface area (Å²) in [7, 11) is 0. The average molecular weight is 443 g/mol. The van der Waals surface area contributed by atoms with Crippen LogP contribution in [0.5, 0.6) is 11.5 Å². The van der Waals surface area contributed by atoms with Crippen LogP contribution in [-0.2, 0) is 6.54 Å². The topological polar surface area (TPSA) is 61.7 Å². The van der Waals surface area contributed by atoms with E-state index in [0.717, 1.165) is 61.2 Å². The Hall–Kier alpha value is -1.83. The van der Waals surface area contributed by atoms with Gasteiger partial charge >= 0.3 is 0 Å². The number of hydrogen-bond donors (Lipinski definition) is 1. The first kappa shape index (κ1) is 22.4. The number of aromatic hydroxyl groups is 1. The van der Waals surface area contributed by atoms with Crippen molar-refractivity contribution >= 4 is 11.8 Å². The molecule has 1 aromatic carbocycles. The van der Waals surface area contributed by atoms with Crippen LogP contribution in [0.1, 0.15) is 49.8 Å². The van der Waals surface area contributed by atoms with E-state index in [1.54, 1.807) is 11.8 Å². The van der Waals surface area contributed by atoms with Gasteiger partial charge in [-0.3, -0.25) is 4.90 Å². The van der Waals surface area contributed by atoms with Gasteiger partial charge in [0, 0.05) is 48.8 Å². The van der Waals surface area contributed by atoms with Gasteiger partial charge in [-0.15, -0.1) is 0 Å². The highest BCUT2D eigenvalue weighted by Gasteiger charge is 2.24. The summed E-state index contributed by atoms with van der Waals surface area (Å²) in [4.78, 5) is 14.3. The summed E-state index contributed by atoms with van der Waals surface area (Å²) in [6.45, 7) is 8.80. The first-order chi connectivity index (χ1) is 15.2. The van der Waals surface area contributed by atoms with Crippen LogP contribution < -0.4 is 4.74 Å². The molecule has 2 saturated heterocycles. The number of para-hydroxylation sites is 1. The Morgan fingerprint density at radius 1 is 1.13 bits per heavy atom. The number of rotatable bonds is 9. The van der Waals surface area contributed by atoms with Crippen molar-refractivity contribution in [1.29, 1.82) is 0 Å². The zero-order chi connectivity index (χ0) is 21.5. The van der Waals surface area contributed by atoms with Crippen LogP contribution in [0.4, 0.5) is 0 Å². The highest BCUT2D eigenvalue weighted by Crippen LogP contribution is 2.33. The molecular formula is C24H34N4O2S. The normalized spacial score (nSPS) is 20.2. The minimum absolute atomic E-state index is 0.269. The summed E-state index contributed by atoms with van der Waals surface area (Å²) in [5.41, 5.74) is 2.07. The third-order valence-corrected chi connectivity index (χ3v) is 7.03. The predicted molar refractivity (Wildman–Crippen MR) is 125 cm³/mol. The summed E-state index contributed by atoms with van der Waals surface area (Å²) in [6, 6.07) is 7.84. The molecule has 168 valence electrons. The molecule has 0 radical (unpaired) electrons. The lowest BCUT2D eigenvalue weighted by Crippen LogP contribution is -2.34. The van der Waals surface area contributed by atoms with Crippen LogP contribution >= 0.6 is 11.8 Å². The average Bonchev–Trinajstić information content (AvgIpc) is 3.31. The highest BCUT2D eigenvalue weighted by atomic mass is 32.2. The Kier molecular flexibility index (Phi) is 8.05. The Morgan fingerprint density at radius 3 is 2.81 bits per heavy atom. The van der Waals surface area contributed by atoms with Gasteiger partial charge in [0.2, 0.25) is 0 Å². The molecule has 4 rings (SSSR count). The molecule has 1 N–H and O–H groups in total. The van der Waals surface area contributed by atoms with E-state index in [2.05, 4.69) is 20.9 Å². The maximum absolute atomic E-state index is 10.6. The molecule has 0 aliphatic carbocycles. The summed E-state index contributed by atoms with van der Waals surface area (Å²) < 4.78 is 5.54. The maximum Gasteiger partial charge on any atom is 0.187 e. The van der Waals surface area contributed by atoms with Crippen LogP contribution in [0.2, 0.25) is 0 Å². The zero-order valence-corrected chi connectivity index (χ0v) is 19.3. The van der Waals surface area contributed by atoms with Gasteiger partial charge in [-0.25, -0.2) is 9.97 Å². The molecule has 1 atom stereocenters. The fourth-order valence-corrected chi connectivity index (χ4v) is 5.41. The minimum Gasteiger partial charge on any atom is -0.504 e. The number of piperidine rings is 1. The number of phenols is 1. The second-order valence-electron chi connectivity index (χ2n) is 8.43. The number of nitrogens with zero attached hydrogens (tertiary/aromatic N) is 4. The molecule has 1 aromatic heterocycles. The van der Waals surface area contributed by atoms with E-state index in [1.807, 2.05) is 31.3 Å². The number of ether oxygens (including phenoxy) is 1. The first-order valence-electron chi connectivity index (χ1n) is 11.6. The Labute approximate surface area is 190 Å². The van der Waals surface area contributed by atoms with Crippen molar-refractivity contribution in [1.82, 2.24) is 19.8 Å².